The van der Waals surface area contributed by atoms with E-state index in [4.69, 9.17) is 0 Å². The highest BCUT2D eigenvalue weighted by Gasteiger charge is 1.91. The number of allylic oxidation sites excluding steroid dienone is 2. The lowest BCUT2D eigenvalue weighted by Gasteiger charge is -1.98. The molecule has 0 atom stereocenters. The van der Waals surface area contributed by atoms with Gasteiger partial charge < -0.3 is 0 Å². The second-order valence-corrected chi connectivity index (χ2v) is 5.53. The minimum Gasteiger partial charge on any atom is -0.211 e. The van der Waals surface area contributed by atoms with Gasteiger partial charge in [0, 0.05) is 0 Å². The van der Waals surface area contributed by atoms with E-state index in [2.05, 4.69) is 22.1 Å². The van der Waals surface area contributed by atoms with Crippen molar-refractivity contribution in [2.45, 2.75) is 77.0 Å². The maximum Gasteiger partial charge on any atom is 0.234 e. The third-order valence-electron chi connectivity index (χ3n) is 3.58. The van der Waals surface area contributed by atoms with Gasteiger partial charge in [0.2, 0.25) is 12.2 Å². The number of nitrogens with zero attached hydrogens (tertiary/aromatic N) is 2. The molecule has 0 unspecified atom stereocenters. The minimum absolute atomic E-state index is 0.633. The van der Waals surface area contributed by atoms with Crippen molar-refractivity contribution < 1.29 is 9.59 Å². The van der Waals surface area contributed by atoms with Gasteiger partial charge in [-0.3, -0.25) is 0 Å². The highest BCUT2D eigenvalue weighted by atomic mass is 16.1. The van der Waals surface area contributed by atoms with E-state index in [1.54, 1.807) is 12.2 Å². The van der Waals surface area contributed by atoms with E-state index in [-0.39, 0.29) is 0 Å². The third kappa shape index (κ3) is 18.5. The van der Waals surface area contributed by atoms with Crippen molar-refractivity contribution in [2.75, 3.05) is 13.1 Å². The molecule has 0 aliphatic carbocycles. The molecule has 0 aromatic rings. The highest BCUT2D eigenvalue weighted by Crippen LogP contribution is 2.08. The maximum absolute atomic E-state index is 9.86. The van der Waals surface area contributed by atoms with Crippen LogP contribution in [0.5, 0.6) is 0 Å². The molecule has 0 aliphatic heterocycles. The Morgan fingerprint density at radius 3 is 1.32 bits per heavy atom. The van der Waals surface area contributed by atoms with Crippen LogP contribution in [0.2, 0.25) is 0 Å². The van der Waals surface area contributed by atoms with Gasteiger partial charge in [-0.25, -0.2) is 19.6 Å². The molecule has 0 spiro atoms. The molecule has 124 valence electrons. The first kappa shape index (κ1) is 20.5. The summed E-state index contributed by atoms with van der Waals surface area (Å²) >= 11 is 0. The maximum atomic E-state index is 9.86. The molecule has 4 nitrogen and oxygen atoms in total. The lowest BCUT2D eigenvalue weighted by atomic mass is 10.1. The first-order valence-electron chi connectivity index (χ1n) is 8.64. The van der Waals surface area contributed by atoms with Crippen LogP contribution in [-0.2, 0) is 9.59 Å². The summed E-state index contributed by atoms with van der Waals surface area (Å²) in [5.74, 6) is 0. The van der Waals surface area contributed by atoms with Crippen molar-refractivity contribution in [3.8, 4) is 0 Å². The van der Waals surface area contributed by atoms with Gasteiger partial charge in [-0.1, -0.05) is 50.7 Å². The van der Waals surface area contributed by atoms with Crippen molar-refractivity contribution in [1.29, 1.82) is 0 Å². The van der Waals surface area contributed by atoms with Gasteiger partial charge in [0.15, 0.2) is 0 Å². The Morgan fingerprint density at radius 1 is 0.545 bits per heavy atom. The van der Waals surface area contributed by atoms with Crippen molar-refractivity contribution >= 4 is 12.2 Å². The topological polar surface area (TPSA) is 58.9 Å². The Kier molecular flexibility index (Phi) is 18.2. The van der Waals surface area contributed by atoms with Crippen LogP contribution >= 0.6 is 0 Å². The summed E-state index contributed by atoms with van der Waals surface area (Å²) in [4.78, 5) is 26.8. The Balaban J connectivity index is 3.11. The Labute approximate surface area is 134 Å². The van der Waals surface area contributed by atoms with E-state index in [0.29, 0.717) is 13.1 Å². The number of unbranched alkanes of at least 4 members (excludes halogenated alkanes) is 10. The second-order valence-electron chi connectivity index (χ2n) is 5.53. The van der Waals surface area contributed by atoms with Gasteiger partial charge in [-0.05, 0) is 38.5 Å². The van der Waals surface area contributed by atoms with E-state index in [1.165, 1.54) is 51.4 Å². The van der Waals surface area contributed by atoms with E-state index in [1.807, 2.05) is 0 Å². The Bertz CT molecular complexity index is 320. The van der Waals surface area contributed by atoms with Crippen LogP contribution < -0.4 is 0 Å². The molecule has 22 heavy (non-hydrogen) atoms. The molecule has 0 aromatic carbocycles. The van der Waals surface area contributed by atoms with E-state index in [9.17, 15) is 9.59 Å². The average Bonchev–Trinajstić information content (AvgIpc) is 2.54. The standard InChI is InChI=1S/C18H30N2O2/c21-17-19-15-13-11-9-7-5-3-1-2-4-6-8-10-12-14-16-20-18-22/h1-2H,3-16H2. The van der Waals surface area contributed by atoms with Crippen molar-refractivity contribution in [3.05, 3.63) is 12.2 Å². The molecule has 0 aromatic heterocycles. The molecule has 4 heteroatoms. The zero-order valence-corrected chi connectivity index (χ0v) is 13.8. The molecule has 0 aliphatic rings. The number of carbonyl (C=O) groups excluding carboxylic acids is 2. The van der Waals surface area contributed by atoms with Crippen LogP contribution in [0.4, 0.5) is 0 Å². The van der Waals surface area contributed by atoms with Crippen molar-refractivity contribution in [2.24, 2.45) is 9.98 Å². The summed E-state index contributed by atoms with van der Waals surface area (Å²) < 4.78 is 0. The number of hydrogen-bond acceptors (Lipinski definition) is 4. The first-order chi connectivity index (χ1) is 10.9. The van der Waals surface area contributed by atoms with E-state index in [0.717, 1.165) is 25.7 Å². The van der Waals surface area contributed by atoms with Gasteiger partial charge in [0.1, 0.15) is 0 Å². The summed E-state index contributed by atoms with van der Waals surface area (Å²) in [7, 11) is 0. The van der Waals surface area contributed by atoms with Gasteiger partial charge >= 0.3 is 0 Å². The lowest BCUT2D eigenvalue weighted by Crippen LogP contribution is -1.83. The summed E-state index contributed by atoms with van der Waals surface area (Å²) in [6.07, 6.45) is 21.9. The third-order valence-corrected chi connectivity index (χ3v) is 3.58. The van der Waals surface area contributed by atoms with Crippen LogP contribution in [-0.4, -0.2) is 25.2 Å². The summed E-state index contributed by atoms with van der Waals surface area (Å²) in [6.45, 7) is 1.27. The fraction of sp³-hybridized carbons (Fsp3) is 0.778. The summed E-state index contributed by atoms with van der Waals surface area (Å²) in [6, 6.07) is 0. The number of aliphatic imine (C=N–C) groups is 2. The largest absolute Gasteiger partial charge is 0.234 e. The van der Waals surface area contributed by atoms with Crippen LogP contribution in [0.15, 0.2) is 22.1 Å². The fourth-order valence-electron chi connectivity index (χ4n) is 2.29. The molecule has 0 amide bonds. The van der Waals surface area contributed by atoms with Gasteiger partial charge in [0.05, 0.1) is 13.1 Å². The molecule has 0 radical (unpaired) electrons. The highest BCUT2D eigenvalue weighted by molar-refractivity contribution is 5.32. The van der Waals surface area contributed by atoms with Gasteiger partial charge in [-0.15, -0.1) is 0 Å². The quantitative estimate of drug-likeness (QED) is 0.176. The Hall–Kier alpha value is -1.50. The minimum atomic E-state index is 0.633. The SMILES string of the molecule is O=C=NCCCCCCCC=CCCCCCCCN=C=O. The number of isocyanates is 2. The number of rotatable bonds is 16. The van der Waals surface area contributed by atoms with Gasteiger partial charge in [0.25, 0.3) is 0 Å². The van der Waals surface area contributed by atoms with Crippen LogP contribution in [0.25, 0.3) is 0 Å². The first-order valence-corrected chi connectivity index (χ1v) is 8.64. The Morgan fingerprint density at radius 2 is 0.909 bits per heavy atom. The molecule has 0 rings (SSSR count). The number of hydrogen-bond donors (Lipinski definition) is 0. The van der Waals surface area contributed by atoms with Crippen molar-refractivity contribution in [3.63, 3.8) is 0 Å². The smallest absolute Gasteiger partial charge is 0.211 e. The molecule has 0 heterocycles. The summed E-state index contributed by atoms with van der Waals surface area (Å²) in [5.41, 5.74) is 0. The van der Waals surface area contributed by atoms with Crippen LogP contribution in [0, 0.1) is 0 Å². The molecular weight excluding hydrogens is 276 g/mol. The molecule has 0 fully saturated rings. The normalized spacial score (nSPS) is 10.4. The van der Waals surface area contributed by atoms with Crippen LogP contribution in [0.3, 0.4) is 0 Å². The zero-order chi connectivity index (χ0) is 16.1. The molecule has 0 saturated carbocycles. The monoisotopic (exact) mass is 306 g/mol. The lowest BCUT2D eigenvalue weighted by molar-refractivity contribution is 0.559. The second kappa shape index (κ2) is 19.5. The van der Waals surface area contributed by atoms with E-state index >= 15 is 0 Å². The molecule has 0 N–H and O–H groups in total. The predicted molar refractivity (Wildman–Crippen MR) is 90.5 cm³/mol. The molecule has 0 saturated heterocycles. The van der Waals surface area contributed by atoms with E-state index < -0.39 is 0 Å². The van der Waals surface area contributed by atoms with Crippen molar-refractivity contribution in [1.82, 2.24) is 0 Å². The molecule has 0 bridgehead atoms. The fourth-order valence-corrected chi connectivity index (χ4v) is 2.29. The predicted octanol–water partition coefficient (Wildman–Crippen LogP) is 4.90. The van der Waals surface area contributed by atoms with Gasteiger partial charge in [-0.2, -0.15) is 0 Å². The average molecular weight is 306 g/mol. The summed E-state index contributed by atoms with van der Waals surface area (Å²) in [5, 5.41) is 0. The zero-order valence-electron chi connectivity index (χ0n) is 13.8. The van der Waals surface area contributed by atoms with Crippen LogP contribution in [0.1, 0.15) is 77.0 Å². The molecular formula is C18H30N2O2.